The van der Waals surface area contributed by atoms with Gasteiger partial charge < -0.3 is 14.9 Å². The Labute approximate surface area is 319 Å². The van der Waals surface area contributed by atoms with Crippen molar-refractivity contribution in [3.63, 3.8) is 0 Å². The second-order valence-corrected chi connectivity index (χ2v) is 15.0. The second-order valence-electron chi connectivity index (χ2n) is 14.2. The Hall–Kier alpha value is -5.39. The van der Waals surface area contributed by atoms with E-state index in [1.165, 1.54) is 30.2 Å². The molecule has 276 valence electrons. The first-order valence-corrected chi connectivity index (χ1v) is 18.3. The number of benzene rings is 4. The van der Waals surface area contributed by atoms with Gasteiger partial charge >= 0.3 is 0 Å². The van der Waals surface area contributed by atoms with E-state index in [2.05, 4.69) is 5.43 Å². The molecule has 0 bridgehead atoms. The SMILES string of the molecule is COc1ccc(C23C(=O)N(Nc4ccc(Cl)cc4Cl)C(=O)C2CC2C(=CCC4C(=O)N(CCc5ccc(O)cc5)C(=O)C42)C3c2ccc(O)c(F)c2)cc1. The Morgan fingerprint density at radius 1 is 0.889 bits per heavy atom. The maximum absolute atomic E-state index is 15.4. The van der Waals surface area contributed by atoms with Gasteiger partial charge in [0.25, 0.3) is 11.8 Å². The van der Waals surface area contributed by atoms with Gasteiger partial charge in [0.2, 0.25) is 11.8 Å². The molecule has 8 rings (SSSR count). The largest absolute Gasteiger partial charge is 0.508 e. The molecule has 4 amide bonds. The molecule has 13 heteroatoms. The van der Waals surface area contributed by atoms with Crippen LogP contribution in [0.2, 0.25) is 10.0 Å². The molecule has 4 aromatic rings. The number of allylic oxidation sites excluding steroid dienone is 2. The van der Waals surface area contributed by atoms with Crippen molar-refractivity contribution in [1.82, 2.24) is 9.91 Å². The molecule has 10 nitrogen and oxygen atoms in total. The number of amides is 4. The van der Waals surface area contributed by atoms with Crippen LogP contribution in [0.25, 0.3) is 0 Å². The van der Waals surface area contributed by atoms with E-state index in [0.717, 1.165) is 16.6 Å². The zero-order valence-electron chi connectivity index (χ0n) is 28.8. The highest BCUT2D eigenvalue weighted by atomic mass is 35.5. The summed E-state index contributed by atoms with van der Waals surface area (Å²) in [6.45, 7) is 0.125. The molecule has 54 heavy (non-hydrogen) atoms. The lowest BCUT2D eigenvalue weighted by Crippen LogP contribution is -2.53. The van der Waals surface area contributed by atoms with E-state index < -0.39 is 58.4 Å². The molecule has 3 fully saturated rings. The lowest BCUT2D eigenvalue weighted by atomic mass is 9.49. The Morgan fingerprint density at radius 2 is 1.63 bits per heavy atom. The summed E-state index contributed by atoms with van der Waals surface area (Å²) in [5, 5.41) is 21.4. The van der Waals surface area contributed by atoms with Gasteiger partial charge in [-0.1, -0.05) is 65.2 Å². The van der Waals surface area contributed by atoms with Crippen molar-refractivity contribution >= 4 is 52.5 Å². The first-order chi connectivity index (χ1) is 25.9. The predicted molar refractivity (Wildman–Crippen MR) is 197 cm³/mol. The second kappa shape index (κ2) is 13.5. The minimum atomic E-state index is -1.67. The third-order valence-corrected chi connectivity index (χ3v) is 12.1. The molecule has 4 aliphatic rings. The van der Waals surface area contributed by atoms with E-state index in [-0.39, 0.29) is 47.7 Å². The van der Waals surface area contributed by atoms with Crippen molar-refractivity contribution in [2.24, 2.45) is 23.7 Å². The van der Waals surface area contributed by atoms with Gasteiger partial charge in [-0.25, -0.2) is 4.39 Å². The number of anilines is 1. The molecule has 0 spiro atoms. The van der Waals surface area contributed by atoms with E-state index in [1.807, 2.05) is 6.08 Å². The number of methoxy groups -OCH3 is 1. The number of phenolic OH excluding ortho intramolecular Hbond substituents is 2. The summed E-state index contributed by atoms with van der Waals surface area (Å²) in [5.41, 5.74) is 3.76. The smallest absolute Gasteiger partial charge is 0.260 e. The minimum Gasteiger partial charge on any atom is -0.508 e. The zero-order chi connectivity index (χ0) is 38.1. The van der Waals surface area contributed by atoms with Crippen LogP contribution < -0.4 is 10.2 Å². The van der Waals surface area contributed by atoms with Gasteiger partial charge in [-0.15, -0.1) is 0 Å². The minimum absolute atomic E-state index is 0.0397. The number of fused-ring (bicyclic) bond motifs is 4. The normalized spacial score (nSPS) is 26.0. The lowest BCUT2D eigenvalue weighted by Gasteiger charge is -2.50. The number of imide groups is 2. The van der Waals surface area contributed by atoms with E-state index in [1.54, 1.807) is 60.7 Å². The van der Waals surface area contributed by atoms with Crippen LogP contribution in [0.3, 0.4) is 0 Å². The molecule has 0 aromatic heterocycles. The van der Waals surface area contributed by atoms with Crippen LogP contribution >= 0.6 is 23.2 Å². The molecule has 2 aliphatic carbocycles. The summed E-state index contributed by atoms with van der Waals surface area (Å²) >= 11 is 12.6. The molecular weight excluding hydrogens is 736 g/mol. The van der Waals surface area contributed by atoms with Crippen molar-refractivity contribution in [2.45, 2.75) is 30.6 Å². The summed E-state index contributed by atoms with van der Waals surface area (Å²) in [5.74, 6) is -7.05. The molecule has 0 radical (unpaired) electrons. The zero-order valence-corrected chi connectivity index (χ0v) is 30.4. The van der Waals surface area contributed by atoms with Gasteiger partial charge in [0.05, 0.1) is 41.0 Å². The maximum Gasteiger partial charge on any atom is 0.260 e. The lowest BCUT2D eigenvalue weighted by molar-refractivity contribution is -0.141. The Balaban J connectivity index is 1.27. The fourth-order valence-corrected chi connectivity index (χ4v) is 9.56. The molecule has 3 N–H and O–H groups in total. The van der Waals surface area contributed by atoms with E-state index in [9.17, 15) is 24.6 Å². The number of rotatable bonds is 8. The number of carbonyl (C=O) groups excluding carboxylic acids is 4. The molecule has 6 atom stereocenters. The van der Waals surface area contributed by atoms with E-state index >= 15 is 9.18 Å². The number of phenols is 2. The van der Waals surface area contributed by atoms with Crippen molar-refractivity contribution in [1.29, 1.82) is 0 Å². The Kier molecular flexibility index (Phi) is 8.89. The molecule has 6 unspecified atom stereocenters. The Morgan fingerprint density at radius 3 is 2.31 bits per heavy atom. The number of nitrogens with zero attached hydrogens (tertiary/aromatic N) is 2. The summed E-state index contributed by atoms with van der Waals surface area (Å²) in [4.78, 5) is 59.7. The third-order valence-electron chi connectivity index (χ3n) is 11.5. The fraction of sp³-hybridized carbons (Fsp3) is 0.268. The van der Waals surface area contributed by atoms with E-state index in [0.29, 0.717) is 33.9 Å². The van der Waals surface area contributed by atoms with E-state index in [4.69, 9.17) is 27.9 Å². The number of ether oxygens (including phenoxy) is 1. The van der Waals surface area contributed by atoms with Crippen LogP contribution in [0.5, 0.6) is 17.2 Å². The number of hydrogen-bond donors (Lipinski definition) is 3. The molecular formula is C41H34Cl2FN3O7. The van der Waals surface area contributed by atoms with Crippen LogP contribution in [0.15, 0.2) is 96.6 Å². The van der Waals surface area contributed by atoms with Crippen molar-refractivity contribution < 1.29 is 38.5 Å². The van der Waals surface area contributed by atoms with Crippen LogP contribution in [0, 0.1) is 29.5 Å². The van der Waals surface area contributed by atoms with Crippen molar-refractivity contribution in [3.05, 3.63) is 129 Å². The maximum atomic E-state index is 15.4. The molecule has 2 saturated heterocycles. The number of hydrogen-bond acceptors (Lipinski definition) is 8. The van der Waals surface area contributed by atoms with Crippen LogP contribution in [-0.2, 0) is 31.0 Å². The highest BCUT2D eigenvalue weighted by Gasteiger charge is 2.70. The highest BCUT2D eigenvalue weighted by molar-refractivity contribution is 6.36. The monoisotopic (exact) mass is 769 g/mol. The number of halogens is 3. The molecule has 1 saturated carbocycles. The first-order valence-electron chi connectivity index (χ1n) is 17.5. The molecule has 4 aromatic carbocycles. The van der Waals surface area contributed by atoms with Crippen molar-refractivity contribution in [2.75, 3.05) is 19.1 Å². The number of carbonyl (C=O) groups is 4. The summed E-state index contributed by atoms with van der Waals surface area (Å²) in [6.07, 6.45) is 2.49. The summed E-state index contributed by atoms with van der Waals surface area (Å²) < 4.78 is 20.8. The van der Waals surface area contributed by atoms with Gasteiger partial charge in [-0.2, -0.15) is 5.01 Å². The summed E-state index contributed by atoms with van der Waals surface area (Å²) in [6, 6.07) is 21.8. The number of aromatic hydroxyl groups is 2. The quantitative estimate of drug-likeness (QED) is 0.132. The molecule has 2 heterocycles. The number of likely N-dealkylation sites (tertiary alicyclic amines) is 1. The predicted octanol–water partition coefficient (Wildman–Crippen LogP) is 6.78. The first kappa shape index (κ1) is 35.6. The average molecular weight is 771 g/mol. The van der Waals surface area contributed by atoms with Gasteiger partial charge in [-0.05, 0) is 96.5 Å². The highest BCUT2D eigenvalue weighted by Crippen LogP contribution is 2.64. The van der Waals surface area contributed by atoms with Crippen LogP contribution in [-0.4, -0.2) is 57.4 Å². The topological polar surface area (TPSA) is 136 Å². The van der Waals surface area contributed by atoms with Crippen LogP contribution in [0.1, 0.15) is 35.4 Å². The Bertz CT molecular complexity index is 2250. The number of hydrazine groups is 1. The van der Waals surface area contributed by atoms with Crippen LogP contribution in [0.4, 0.5) is 10.1 Å². The standard InChI is InChI=1S/C41H34Cl2FN3O7/c1-54-26-10-5-23(6-11-26)41-30(38(51)47(40(41)53)45-33-14-7-24(42)19-31(33)43)20-29-27(36(41)22-4-15-34(49)32(44)18-22)12-13-28-35(29)39(52)46(37(28)50)17-16-21-2-8-25(48)9-3-21/h2-12,14-15,18-19,28-30,35-36,45,48-49H,13,16-17,20H2,1H3. The van der Waals surface area contributed by atoms with Gasteiger partial charge in [0.15, 0.2) is 11.6 Å². The van der Waals surface area contributed by atoms with Gasteiger partial charge in [-0.3, -0.25) is 29.5 Å². The van der Waals surface area contributed by atoms with Crippen molar-refractivity contribution in [3.8, 4) is 17.2 Å². The van der Waals surface area contributed by atoms with Gasteiger partial charge in [0, 0.05) is 17.5 Å². The fourth-order valence-electron chi connectivity index (χ4n) is 9.11. The average Bonchev–Trinajstić information content (AvgIpc) is 3.53. The number of nitrogens with one attached hydrogen (secondary N) is 1. The third kappa shape index (κ3) is 5.51. The summed E-state index contributed by atoms with van der Waals surface area (Å²) in [7, 11) is 1.51. The van der Waals surface area contributed by atoms with Gasteiger partial charge in [0.1, 0.15) is 11.5 Å². The molecule has 2 aliphatic heterocycles.